The van der Waals surface area contributed by atoms with Crippen LogP contribution in [0.5, 0.6) is 0 Å². The summed E-state index contributed by atoms with van der Waals surface area (Å²) in [5.41, 5.74) is 0.456. The summed E-state index contributed by atoms with van der Waals surface area (Å²) in [6, 6.07) is 0. The van der Waals surface area contributed by atoms with Crippen molar-refractivity contribution >= 4 is 11.9 Å². The molecule has 1 aromatic heterocycles. The van der Waals surface area contributed by atoms with E-state index < -0.39 is 5.97 Å². The van der Waals surface area contributed by atoms with Gasteiger partial charge in [0.25, 0.3) is 0 Å². The van der Waals surface area contributed by atoms with Crippen LogP contribution in [0.4, 0.5) is 0 Å². The number of rotatable bonds is 3. The van der Waals surface area contributed by atoms with Crippen LogP contribution in [0.2, 0.25) is 0 Å². The SMILES string of the molecule is CC(C)CC(=O)N1CCc2onc(C(=O)O)c2C1. The van der Waals surface area contributed by atoms with E-state index in [1.807, 2.05) is 13.8 Å². The van der Waals surface area contributed by atoms with Gasteiger partial charge in [-0.25, -0.2) is 4.79 Å². The predicted molar refractivity (Wildman–Crippen MR) is 62.0 cm³/mol. The Kier molecular flexibility index (Phi) is 3.36. The minimum absolute atomic E-state index is 0.0492. The molecule has 2 rings (SSSR count). The predicted octanol–water partition coefficient (Wildman–Crippen LogP) is 1.30. The first-order chi connectivity index (χ1) is 8.49. The van der Waals surface area contributed by atoms with Gasteiger partial charge in [-0.3, -0.25) is 4.79 Å². The zero-order valence-electron chi connectivity index (χ0n) is 10.5. The molecule has 98 valence electrons. The van der Waals surface area contributed by atoms with Gasteiger partial charge in [0.1, 0.15) is 5.76 Å². The number of carbonyl (C=O) groups excluding carboxylic acids is 1. The van der Waals surface area contributed by atoms with E-state index in [1.54, 1.807) is 4.90 Å². The summed E-state index contributed by atoms with van der Waals surface area (Å²) in [6.07, 6.45) is 1.00. The Bertz CT molecular complexity index is 478. The molecule has 1 aromatic rings. The van der Waals surface area contributed by atoms with Crippen LogP contribution in [0.1, 0.15) is 42.1 Å². The molecule has 0 atom stereocenters. The number of nitrogens with zero attached hydrogens (tertiary/aromatic N) is 2. The van der Waals surface area contributed by atoms with E-state index in [4.69, 9.17) is 9.63 Å². The highest BCUT2D eigenvalue weighted by molar-refractivity contribution is 5.87. The number of hydrogen-bond acceptors (Lipinski definition) is 4. The number of aromatic nitrogens is 1. The molecule has 18 heavy (non-hydrogen) atoms. The molecule has 0 aromatic carbocycles. The third-order valence-electron chi connectivity index (χ3n) is 2.97. The van der Waals surface area contributed by atoms with Gasteiger partial charge in [0.05, 0.1) is 6.54 Å². The lowest BCUT2D eigenvalue weighted by Gasteiger charge is -2.26. The maximum atomic E-state index is 11.9. The average molecular weight is 252 g/mol. The molecule has 0 saturated carbocycles. The third kappa shape index (κ3) is 2.37. The van der Waals surface area contributed by atoms with Crippen molar-refractivity contribution in [2.24, 2.45) is 5.92 Å². The van der Waals surface area contributed by atoms with Gasteiger partial charge in [0.15, 0.2) is 5.69 Å². The van der Waals surface area contributed by atoms with E-state index in [0.29, 0.717) is 36.6 Å². The van der Waals surface area contributed by atoms with Gasteiger partial charge in [-0.15, -0.1) is 0 Å². The van der Waals surface area contributed by atoms with Gasteiger partial charge in [-0.2, -0.15) is 0 Å². The van der Waals surface area contributed by atoms with E-state index in [2.05, 4.69) is 5.16 Å². The Morgan fingerprint density at radius 3 is 2.83 bits per heavy atom. The molecular formula is C12H16N2O4. The number of hydrogen-bond donors (Lipinski definition) is 1. The summed E-state index contributed by atoms with van der Waals surface area (Å²) < 4.78 is 4.99. The Morgan fingerprint density at radius 2 is 2.22 bits per heavy atom. The van der Waals surface area contributed by atoms with E-state index in [1.165, 1.54) is 0 Å². The lowest BCUT2D eigenvalue weighted by atomic mass is 10.0. The molecule has 2 heterocycles. The largest absolute Gasteiger partial charge is 0.476 e. The molecule has 0 fully saturated rings. The lowest BCUT2D eigenvalue weighted by Crippen LogP contribution is -2.36. The summed E-state index contributed by atoms with van der Waals surface area (Å²) in [5.74, 6) is -0.187. The van der Waals surface area contributed by atoms with Crippen molar-refractivity contribution in [2.75, 3.05) is 6.54 Å². The van der Waals surface area contributed by atoms with E-state index in [9.17, 15) is 9.59 Å². The number of carbonyl (C=O) groups is 2. The van der Waals surface area contributed by atoms with Crippen LogP contribution in [0.15, 0.2) is 4.52 Å². The van der Waals surface area contributed by atoms with Crippen molar-refractivity contribution in [3.63, 3.8) is 0 Å². The smallest absolute Gasteiger partial charge is 0.358 e. The van der Waals surface area contributed by atoms with Crippen LogP contribution in [-0.4, -0.2) is 33.6 Å². The molecule has 0 radical (unpaired) electrons. The summed E-state index contributed by atoms with van der Waals surface area (Å²) in [4.78, 5) is 24.6. The van der Waals surface area contributed by atoms with Crippen molar-refractivity contribution in [1.29, 1.82) is 0 Å². The lowest BCUT2D eigenvalue weighted by molar-refractivity contribution is -0.133. The Labute approximate surface area is 105 Å². The number of aromatic carboxylic acids is 1. The third-order valence-corrected chi connectivity index (χ3v) is 2.97. The molecule has 1 N–H and O–H groups in total. The zero-order valence-corrected chi connectivity index (χ0v) is 10.5. The fraction of sp³-hybridized carbons (Fsp3) is 0.583. The van der Waals surface area contributed by atoms with Crippen molar-refractivity contribution < 1.29 is 19.2 Å². The summed E-state index contributed by atoms with van der Waals surface area (Å²) in [7, 11) is 0. The van der Waals surface area contributed by atoms with Crippen molar-refractivity contribution in [3.05, 3.63) is 17.0 Å². The molecule has 0 aliphatic carbocycles. The summed E-state index contributed by atoms with van der Waals surface area (Å²) in [5, 5.41) is 12.5. The molecule has 1 aliphatic heterocycles. The van der Waals surface area contributed by atoms with E-state index in [0.717, 1.165) is 0 Å². The van der Waals surface area contributed by atoms with Gasteiger partial charge in [-0.05, 0) is 5.92 Å². The maximum absolute atomic E-state index is 11.9. The highest BCUT2D eigenvalue weighted by atomic mass is 16.5. The van der Waals surface area contributed by atoms with Crippen molar-refractivity contribution in [2.45, 2.75) is 33.2 Å². The molecule has 0 bridgehead atoms. The van der Waals surface area contributed by atoms with Crippen LogP contribution in [0.3, 0.4) is 0 Å². The highest BCUT2D eigenvalue weighted by Gasteiger charge is 2.29. The second kappa shape index (κ2) is 4.80. The Hall–Kier alpha value is -1.85. The summed E-state index contributed by atoms with van der Waals surface area (Å²) >= 11 is 0. The molecule has 0 spiro atoms. The molecule has 0 saturated heterocycles. The van der Waals surface area contributed by atoms with Gasteiger partial charge in [-0.1, -0.05) is 19.0 Å². The molecule has 6 nitrogen and oxygen atoms in total. The molecular weight excluding hydrogens is 236 g/mol. The van der Waals surface area contributed by atoms with Crippen molar-refractivity contribution in [3.8, 4) is 0 Å². The quantitative estimate of drug-likeness (QED) is 0.876. The topological polar surface area (TPSA) is 83.6 Å². The summed E-state index contributed by atoms with van der Waals surface area (Å²) in [6.45, 7) is 4.81. The minimum atomic E-state index is -1.11. The first kappa shape index (κ1) is 12.6. The Balaban J connectivity index is 2.16. The first-order valence-corrected chi connectivity index (χ1v) is 5.97. The molecule has 0 unspecified atom stereocenters. The van der Waals surface area contributed by atoms with Crippen LogP contribution in [0, 0.1) is 5.92 Å². The van der Waals surface area contributed by atoms with Crippen LogP contribution in [0.25, 0.3) is 0 Å². The molecule has 6 heteroatoms. The maximum Gasteiger partial charge on any atom is 0.358 e. The normalized spacial score (nSPS) is 14.7. The number of amides is 1. The van der Waals surface area contributed by atoms with Gasteiger partial charge >= 0.3 is 5.97 Å². The van der Waals surface area contributed by atoms with Crippen molar-refractivity contribution in [1.82, 2.24) is 10.1 Å². The standard InChI is InChI=1S/C12H16N2O4/c1-7(2)5-10(15)14-4-3-9-8(6-14)11(12(16)17)13-18-9/h7H,3-6H2,1-2H3,(H,16,17). The van der Waals surface area contributed by atoms with E-state index >= 15 is 0 Å². The fourth-order valence-corrected chi connectivity index (χ4v) is 2.07. The van der Waals surface area contributed by atoms with Crippen LogP contribution >= 0.6 is 0 Å². The van der Waals surface area contributed by atoms with E-state index in [-0.39, 0.29) is 18.1 Å². The number of carboxylic acids is 1. The highest BCUT2D eigenvalue weighted by Crippen LogP contribution is 2.23. The van der Waals surface area contributed by atoms with Gasteiger partial charge < -0.3 is 14.5 Å². The molecule has 1 aliphatic rings. The first-order valence-electron chi connectivity index (χ1n) is 5.97. The second-order valence-corrected chi connectivity index (χ2v) is 4.90. The monoisotopic (exact) mass is 252 g/mol. The van der Waals surface area contributed by atoms with Crippen LogP contribution in [-0.2, 0) is 17.8 Å². The minimum Gasteiger partial charge on any atom is -0.476 e. The van der Waals surface area contributed by atoms with Gasteiger partial charge in [0, 0.05) is 24.9 Å². The zero-order chi connectivity index (χ0) is 13.3. The molecule has 1 amide bonds. The number of carboxylic acid groups (broad SMARTS) is 1. The average Bonchev–Trinajstić information content (AvgIpc) is 2.70. The van der Waals surface area contributed by atoms with Crippen LogP contribution < -0.4 is 0 Å². The fourth-order valence-electron chi connectivity index (χ4n) is 2.07. The Morgan fingerprint density at radius 1 is 1.50 bits per heavy atom. The second-order valence-electron chi connectivity index (χ2n) is 4.90. The van der Waals surface area contributed by atoms with Gasteiger partial charge in [0.2, 0.25) is 5.91 Å². The number of fused-ring (bicyclic) bond motifs is 1.